The van der Waals surface area contributed by atoms with Crippen LogP contribution in [0.15, 0.2) is 24.3 Å². The van der Waals surface area contributed by atoms with Crippen LogP contribution < -0.4 is 10.3 Å². The fourth-order valence-electron chi connectivity index (χ4n) is 1.64. The zero-order chi connectivity index (χ0) is 16.8. The predicted molar refractivity (Wildman–Crippen MR) is 78.1 cm³/mol. The Morgan fingerprint density at radius 3 is 2.59 bits per heavy atom. The fourth-order valence-corrected chi connectivity index (χ4v) is 3.02. The summed E-state index contributed by atoms with van der Waals surface area (Å²) in [6.45, 7) is 0. The largest absolute Gasteiger partial charge is 0.481 e. The van der Waals surface area contributed by atoms with Gasteiger partial charge in [0.1, 0.15) is 11.8 Å². The molecule has 2 atom stereocenters. The number of aliphatic carboxylic acids is 2. The molecular formula is C13H18NO7P. The Kier molecular flexibility index (Phi) is 6.55. The molecule has 0 aliphatic heterocycles. The molecule has 0 radical (unpaired) electrons. The molecule has 122 valence electrons. The van der Waals surface area contributed by atoms with Crippen LogP contribution in [-0.2, 0) is 25.1 Å². The second-order valence-electron chi connectivity index (χ2n) is 4.56. The summed E-state index contributed by atoms with van der Waals surface area (Å²) in [5.41, 5.74) is 5.84. The maximum Gasteiger partial charge on any atom is 0.378 e. The van der Waals surface area contributed by atoms with Gasteiger partial charge in [0.2, 0.25) is 0 Å². The van der Waals surface area contributed by atoms with Gasteiger partial charge >= 0.3 is 19.5 Å². The van der Waals surface area contributed by atoms with Crippen LogP contribution in [0.5, 0.6) is 5.75 Å². The summed E-state index contributed by atoms with van der Waals surface area (Å²) >= 11 is 0. The summed E-state index contributed by atoms with van der Waals surface area (Å²) in [6.07, 6.45) is -0.437. The summed E-state index contributed by atoms with van der Waals surface area (Å²) < 4.78 is 22.6. The standard InChI is InChI=1S/C13H18NO7P/c1-20-22(19,6-5-11(14)13(17)18)21-10-4-2-3-9(7-10)8-12(15)16/h2-4,7,11H,5-6,8,14H2,1H3,(H,15,16)(H,17,18)/t11-,22?/m1/s1. The van der Waals surface area contributed by atoms with E-state index in [9.17, 15) is 14.2 Å². The highest BCUT2D eigenvalue weighted by molar-refractivity contribution is 7.54. The maximum atomic E-state index is 12.4. The molecule has 0 spiro atoms. The molecule has 1 rings (SSSR count). The summed E-state index contributed by atoms with van der Waals surface area (Å²) in [5.74, 6) is -2.02. The molecule has 8 nitrogen and oxygen atoms in total. The first-order chi connectivity index (χ1) is 10.3. The van der Waals surface area contributed by atoms with Crippen LogP contribution in [0.3, 0.4) is 0 Å². The minimum absolute atomic E-state index is 0.0741. The third-order valence-electron chi connectivity index (χ3n) is 2.81. The van der Waals surface area contributed by atoms with E-state index in [0.717, 1.165) is 0 Å². The monoisotopic (exact) mass is 331 g/mol. The maximum absolute atomic E-state index is 12.4. The molecule has 0 fully saturated rings. The van der Waals surface area contributed by atoms with Crippen molar-refractivity contribution < 1.29 is 33.4 Å². The molecule has 0 amide bonds. The third kappa shape index (κ3) is 5.85. The van der Waals surface area contributed by atoms with Crippen LogP contribution in [0, 0.1) is 0 Å². The molecule has 0 saturated heterocycles. The first-order valence-corrected chi connectivity index (χ1v) is 8.12. The number of carboxylic acid groups (broad SMARTS) is 2. The van der Waals surface area contributed by atoms with E-state index in [-0.39, 0.29) is 24.8 Å². The molecule has 0 saturated carbocycles. The second-order valence-corrected chi connectivity index (χ2v) is 6.78. The van der Waals surface area contributed by atoms with Crippen molar-refractivity contribution in [2.75, 3.05) is 13.3 Å². The zero-order valence-electron chi connectivity index (χ0n) is 12.0. The normalized spacial score (nSPS) is 14.8. The van der Waals surface area contributed by atoms with E-state index < -0.39 is 25.6 Å². The Balaban J connectivity index is 2.78. The Bertz CT molecular complexity index is 590. The van der Waals surface area contributed by atoms with Gasteiger partial charge in [-0.3, -0.25) is 9.59 Å². The van der Waals surface area contributed by atoms with Crippen molar-refractivity contribution in [3.05, 3.63) is 29.8 Å². The van der Waals surface area contributed by atoms with Gasteiger partial charge in [0.15, 0.2) is 0 Å². The van der Waals surface area contributed by atoms with E-state index in [2.05, 4.69) is 0 Å². The second kappa shape index (κ2) is 7.93. The highest BCUT2D eigenvalue weighted by atomic mass is 31.2. The van der Waals surface area contributed by atoms with E-state index in [4.69, 9.17) is 25.0 Å². The van der Waals surface area contributed by atoms with Gasteiger partial charge < -0.3 is 25.0 Å². The van der Waals surface area contributed by atoms with Crippen molar-refractivity contribution in [3.8, 4) is 5.75 Å². The van der Waals surface area contributed by atoms with E-state index >= 15 is 0 Å². The number of hydrogen-bond donors (Lipinski definition) is 3. The number of rotatable bonds is 9. The molecule has 0 bridgehead atoms. The van der Waals surface area contributed by atoms with E-state index in [1.807, 2.05) is 0 Å². The smallest absolute Gasteiger partial charge is 0.378 e. The quantitative estimate of drug-likeness (QED) is 0.577. The van der Waals surface area contributed by atoms with Crippen LogP contribution >= 0.6 is 7.60 Å². The molecule has 0 aromatic heterocycles. The van der Waals surface area contributed by atoms with Gasteiger partial charge in [-0.25, -0.2) is 4.57 Å². The van der Waals surface area contributed by atoms with Crippen molar-refractivity contribution in [2.24, 2.45) is 5.73 Å². The predicted octanol–water partition coefficient (Wildman–Crippen LogP) is 1.33. The van der Waals surface area contributed by atoms with Crippen molar-refractivity contribution in [1.29, 1.82) is 0 Å². The fraction of sp³-hybridized carbons (Fsp3) is 0.385. The van der Waals surface area contributed by atoms with Crippen LogP contribution in [0.25, 0.3) is 0 Å². The molecule has 22 heavy (non-hydrogen) atoms. The highest BCUT2D eigenvalue weighted by Crippen LogP contribution is 2.48. The number of carboxylic acids is 2. The summed E-state index contributed by atoms with van der Waals surface area (Å²) in [6, 6.07) is 4.95. The number of carbonyl (C=O) groups is 2. The van der Waals surface area contributed by atoms with Crippen molar-refractivity contribution in [3.63, 3.8) is 0 Å². The van der Waals surface area contributed by atoms with Gasteiger partial charge in [-0.1, -0.05) is 12.1 Å². The van der Waals surface area contributed by atoms with Crippen molar-refractivity contribution in [1.82, 2.24) is 0 Å². The first-order valence-electron chi connectivity index (χ1n) is 6.39. The minimum atomic E-state index is -3.56. The first kappa shape index (κ1) is 18.2. The lowest BCUT2D eigenvalue weighted by molar-refractivity contribution is -0.138. The Morgan fingerprint density at radius 2 is 2.05 bits per heavy atom. The molecule has 9 heteroatoms. The molecule has 0 heterocycles. The SMILES string of the molecule is COP(=O)(CC[C@@H](N)C(=O)O)Oc1cccc(CC(=O)O)c1. The molecule has 1 aromatic carbocycles. The lowest BCUT2D eigenvalue weighted by atomic mass is 10.1. The Hall–Kier alpha value is -1.89. The highest BCUT2D eigenvalue weighted by Gasteiger charge is 2.27. The van der Waals surface area contributed by atoms with Gasteiger partial charge in [0.05, 0.1) is 12.6 Å². The average Bonchev–Trinajstić information content (AvgIpc) is 2.44. The molecule has 1 unspecified atom stereocenters. The molecule has 4 N–H and O–H groups in total. The Morgan fingerprint density at radius 1 is 1.36 bits per heavy atom. The Labute approximate surface area is 127 Å². The zero-order valence-corrected chi connectivity index (χ0v) is 12.9. The van der Waals surface area contributed by atoms with Gasteiger partial charge in [-0.05, 0) is 24.1 Å². The topological polar surface area (TPSA) is 136 Å². The van der Waals surface area contributed by atoms with Crippen LogP contribution in [-0.4, -0.2) is 41.5 Å². The molecule has 1 aromatic rings. The van der Waals surface area contributed by atoms with E-state index in [0.29, 0.717) is 5.56 Å². The molecule has 0 aliphatic carbocycles. The van der Waals surface area contributed by atoms with Gasteiger partial charge in [-0.2, -0.15) is 0 Å². The van der Waals surface area contributed by atoms with Crippen LogP contribution in [0.2, 0.25) is 0 Å². The minimum Gasteiger partial charge on any atom is -0.481 e. The number of benzene rings is 1. The lowest BCUT2D eigenvalue weighted by Crippen LogP contribution is -2.31. The lowest BCUT2D eigenvalue weighted by Gasteiger charge is -2.18. The third-order valence-corrected chi connectivity index (χ3v) is 4.66. The number of hydrogen-bond acceptors (Lipinski definition) is 6. The van der Waals surface area contributed by atoms with Gasteiger partial charge in [0, 0.05) is 7.11 Å². The van der Waals surface area contributed by atoms with Crippen LogP contribution in [0.1, 0.15) is 12.0 Å². The summed E-state index contributed by atoms with van der Waals surface area (Å²) in [4.78, 5) is 21.3. The molecule has 0 aliphatic rings. The van der Waals surface area contributed by atoms with E-state index in [1.54, 1.807) is 12.1 Å². The van der Waals surface area contributed by atoms with Crippen molar-refractivity contribution in [2.45, 2.75) is 18.9 Å². The summed E-state index contributed by atoms with van der Waals surface area (Å²) in [5, 5.41) is 17.5. The average molecular weight is 331 g/mol. The van der Waals surface area contributed by atoms with E-state index in [1.165, 1.54) is 19.2 Å². The molecular weight excluding hydrogens is 313 g/mol. The van der Waals surface area contributed by atoms with Crippen molar-refractivity contribution >= 4 is 19.5 Å². The number of nitrogens with two attached hydrogens (primary N) is 1. The van der Waals surface area contributed by atoms with Gasteiger partial charge in [0.25, 0.3) is 0 Å². The van der Waals surface area contributed by atoms with Crippen LogP contribution in [0.4, 0.5) is 0 Å². The van der Waals surface area contributed by atoms with Gasteiger partial charge in [-0.15, -0.1) is 0 Å². The summed E-state index contributed by atoms with van der Waals surface area (Å²) in [7, 11) is -2.37.